The highest BCUT2D eigenvalue weighted by molar-refractivity contribution is 6.31. The molecule has 1 aromatic carbocycles. The molecule has 0 unspecified atom stereocenters. The zero-order valence-electron chi connectivity index (χ0n) is 9.20. The minimum absolute atomic E-state index is 0.545. The van der Waals surface area contributed by atoms with Crippen LogP contribution >= 0.6 is 11.6 Å². The van der Waals surface area contributed by atoms with E-state index in [1.807, 2.05) is 12.1 Å². The van der Waals surface area contributed by atoms with Crippen LogP contribution in [0.15, 0.2) is 18.2 Å². The molecule has 0 aromatic heterocycles. The SMILES string of the molecule is COc1ccc(C2(O)CCOCC2)c(Cl)c1. The maximum atomic E-state index is 10.5. The Bertz CT molecular complexity index is 373. The fourth-order valence-corrected chi connectivity index (χ4v) is 2.33. The predicted molar refractivity (Wildman–Crippen MR) is 62.0 cm³/mol. The van der Waals surface area contributed by atoms with Crippen LogP contribution in [0, 0.1) is 0 Å². The molecular weight excluding hydrogens is 228 g/mol. The van der Waals surface area contributed by atoms with Crippen LogP contribution in [0.2, 0.25) is 5.02 Å². The van der Waals surface area contributed by atoms with Gasteiger partial charge in [-0.3, -0.25) is 0 Å². The lowest BCUT2D eigenvalue weighted by atomic mass is 9.86. The molecule has 0 bridgehead atoms. The van der Waals surface area contributed by atoms with Gasteiger partial charge in [-0.05, 0) is 12.1 Å². The van der Waals surface area contributed by atoms with Crippen molar-refractivity contribution >= 4 is 11.6 Å². The number of rotatable bonds is 2. The van der Waals surface area contributed by atoms with Crippen LogP contribution in [0.5, 0.6) is 5.75 Å². The Morgan fingerprint density at radius 3 is 2.62 bits per heavy atom. The highest BCUT2D eigenvalue weighted by Gasteiger charge is 2.33. The molecule has 1 aliphatic rings. The van der Waals surface area contributed by atoms with Gasteiger partial charge in [-0.25, -0.2) is 0 Å². The quantitative estimate of drug-likeness (QED) is 0.865. The van der Waals surface area contributed by atoms with E-state index in [0.29, 0.717) is 36.8 Å². The van der Waals surface area contributed by atoms with E-state index in [9.17, 15) is 5.11 Å². The van der Waals surface area contributed by atoms with Crippen LogP contribution < -0.4 is 4.74 Å². The van der Waals surface area contributed by atoms with E-state index in [4.69, 9.17) is 21.1 Å². The van der Waals surface area contributed by atoms with Crippen molar-refractivity contribution in [2.24, 2.45) is 0 Å². The second-order valence-corrected chi connectivity index (χ2v) is 4.40. The highest BCUT2D eigenvalue weighted by Crippen LogP contribution is 2.37. The molecule has 4 heteroatoms. The summed E-state index contributed by atoms with van der Waals surface area (Å²) in [5, 5.41) is 11.0. The fraction of sp³-hybridized carbons (Fsp3) is 0.500. The lowest BCUT2D eigenvalue weighted by Crippen LogP contribution is -2.33. The number of halogens is 1. The first-order chi connectivity index (χ1) is 7.65. The van der Waals surface area contributed by atoms with Gasteiger partial charge in [-0.1, -0.05) is 17.7 Å². The van der Waals surface area contributed by atoms with E-state index in [2.05, 4.69) is 0 Å². The predicted octanol–water partition coefficient (Wildman–Crippen LogP) is 2.35. The van der Waals surface area contributed by atoms with Crippen LogP contribution in [0.1, 0.15) is 18.4 Å². The summed E-state index contributed by atoms with van der Waals surface area (Å²) >= 11 is 6.15. The topological polar surface area (TPSA) is 38.7 Å². The molecular formula is C12H15ClO3. The van der Waals surface area contributed by atoms with Crippen molar-refractivity contribution in [3.8, 4) is 5.75 Å². The highest BCUT2D eigenvalue weighted by atomic mass is 35.5. The summed E-state index contributed by atoms with van der Waals surface area (Å²) in [6.07, 6.45) is 1.16. The second kappa shape index (κ2) is 4.62. The molecule has 1 N–H and O–H groups in total. The van der Waals surface area contributed by atoms with Gasteiger partial charge in [-0.2, -0.15) is 0 Å². The number of aliphatic hydroxyl groups is 1. The van der Waals surface area contributed by atoms with Crippen molar-refractivity contribution in [1.82, 2.24) is 0 Å². The monoisotopic (exact) mass is 242 g/mol. The molecule has 0 spiro atoms. The standard InChI is InChI=1S/C12H15ClO3/c1-15-9-2-3-10(11(13)8-9)12(14)4-6-16-7-5-12/h2-3,8,14H,4-7H2,1H3. The Kier molecular flexibility index (Phi) is 3.38. The smallest absolute Gasteiger partial charge is 0.120 e. The lowest BCUT2D eigenvalue weighted by Gasteiger charge is -2.33. The van der Waals surface area contributed by atoms with Gasteiger partial charge in [0.15, 0.2) is 0 Å². The Morgan fingerprint density at radius 1 is 1.38 bits per heavy atom. The molecule has 1 fully saturated rings. The third-order valence-corrected chi connectivity index (χ3v) is 3.31. The molecule has 3 nitrogen and oxygen atoms in total. The number of benzene rings is 1. The van der Waals surface area contributed by atoms with E-state index in [1.54, 1.807) is 13.2 Å². The molecule has 0 radical (unpaired) electrons. The molecule has 0 aliphatic carbocycles. The van der Waals surface area contributed by atoms with Gasteiger partial charge in [0, 0.05) is 31.6 Å². The van der Waals surface area contributed by atoms with Crippen LogP contribution in [0.3, 0.4) is 0 Å². The molecule has 1 saturated heterocycles. The van der Waals surface area contributed by atoms with Crippen molar-refractivity contribution in [2.75, 3.05) is 20.3 Å². The molecule has 88 valence electrons. The van der Waals surface area contributed by atoms with Crippen LogP contribution in [-0.4, -0.2) is 25.4 Å². The second-order valence-electron chi connectivity index (χ2n) is 3.99. The number of ether oxygens (including phenoxy) is 2. The van der Waals surface area contributed by atoms with Gasteiger partial charge in [0.05, 0.1) is 17.7 Å². The van der Waals surface area contributed by atoms with E-state index < -0.39 is 5.60 Å². The van der Waals surface area contributed by atoms with Crippen molar-refractivity contribution in [1.29, 1.82) is 0 Å². The third-order valence-electron chi connectivity index (χ3n) is 3.00. The Labute approximate surface area is 99.9 Å². The van der Waals surface area contributed by atoms with Crippen molar-refractivity contribution in [3.05, 3.63) is 28.8 Å². The van der Waals surface area contributed by atoms with Crippen LogP contribution in [0.25, 0.3) is 0 Å². The zero-order valence-corrected chi connectivity index (χ0v) is 9.96. The van der Waals surface area contributed by atoms with Gasteiger partial charge in [-0.15, -0.1) is 0 Å². The van der Waals surface area contributed by atoms with Gasteiger partial charge in [0.25, 0.3) is 0 Å². The number of hydrogen-bond donors (Lipinski definition) is 1. The first kappa shape index (κ1) is 11.7. The Balaban J connectivity index is 2.32. The van der Waals surface area contributed by atoms with Gasteiger partial charge >= 0.3 is 0 Å². The Hall–Kier alpha value is -0.770. The summed E-state index contributed by atoms with van der Waals surface area (Å²) in [5.74, 6) is 0.699. The number of hydrogen-bond acceptors (Lipinski definition) is 3. The summed E-state index contributed by atoms with van der Waals surface area (Å²) in [7, 11) is 1.59. The van der Waals surface area contributed by atoms with Crippen molar-refractivity contribution < 1.29 is 14.6 Å². The molecule has 0 amide bonds. The number of methoxy groups -OCH3 is 1. The summed E-state index contributed by atoms with van der Waals surface area (Å²) in [5.41, 5.74) is -0.0972. The van der Waals surface area contributed by atoms with Crippen LogP contribution in [0.4, 0.5) is 0 Å². The van der Waals surface area contributed by atoms with Crippen molar-refractivity contribution in [3.63, 3.8) is 0 Å². The first-order valence-corrected chi connectivity index (χ1v) is 5.68. The zero-order chi connectivity index (χ0) is 11.6. The largest absolute Gasteiger partial charge is 0.497 e. The molecule has 1 aliphatic heterocycles. The minimum atomic E-state index is -0.860. The van der Waals surface area contributed by atoms with E-state index >= 15 is 0 Å². The normalized spacial score (nSPS) is 19.4. The van der Waals surface area contributed by atoms with E-state index in [1.165, 1.54) is 0 Å². The molecule has 2 rings (SSSR count). The van der Waals surface area contributed by atoms with Gasteiger partial charge in [0.2, 0.25) is 0 Å². The van der Waals surface area contributed by atoms with Crippen LogP contribution in [-0.2, 0) is 10.3 Å². The third kappa shape index (κ3) is 2.17. The summed E-state index contributed by atoms with van der Waals surface area (Å²) in [4.78, 5) is 0. The average Bonchev–Trinajstić information content (AvgIpc) is 2.29. The minimum Gasteiger partial charge on any atom is -0.497 e. The van der Waals surface area contributed by atoms with E-state index in [-0.39, 0.29) is 0 Å². The van der Waals surface area contributed by atoms with Gasteiger partial charge < -0.3 is 14.6 Å². The first-order valence-electron chi connectivity index (χ1n) is 5.30. The fourth-order valence-electron chi connectivity index (χ4n) is 1.98. The maximum absolute atomic E-state index is 10.5. The summed E-state index contributed by atoms with van der Waals surface area (Å²) < 4.78 is 10.3. The molecule has 16 heavy (non-hydrogen) atoms. The molecule has 1 heterocycles. The van der Waals surface area contributed by atoms with E-state index in [0.717, 1.165) is 5.56 Å². The van der Waals surface area contributed by atoms with Crippen molar-refractivity contribution in [2.45, 2.75) is 18.4 Å². The molecule has 1 aromatic rings. The Morgan fingerprint density at radius 2 is 2.06 bits per heavy atom. The summed E-state index contributed by atoms with van der Waals surface area (Å²) in [6.45, 7) is 1.14. The van der Waals surface area contributed by atoms with Gasteiger partial charge in [0.1, 0.15) is 5.75 Å². The maximum Gasteiger partial charge on any atom is 0.120 e. The lowest BCUT2D eigenvalue weighted by molar-refractivity contribution is -0.0678. The summed E-state index contributed by atoms with van der Waals surface area (Å²) in [6, 6.07) is 5.37. The molecule has 0 atom stereocenters. The molecule has 0 saturated carbocycles. The average molecular weight is 243 g/mol.